The Morgan fingerprint density at radius 3 is 2.48 bits per heavy atom. The second kappa shape index (κ2) is 11.3. The lowest BCUT2D eigenvalue weighted by Gasteiger charge is -2.12. The van der Waals surface area contributed by atoms with Gasteiger partial charge in [0, 0.05) is 10.9 Å². The molecule has 0 saturated heterocycles. The third kappa shape index (κ3) is 5.74. The predicted octanol–water partition coefficient (Wildman–Crippen LogP) is 7.03. The lowest BCUT2D eigenvalue weighted by Crippen LogP contribution is -2.01. The van der Waals surface area contributed by atoms with Crippen molar-refractivity contribution < 1.29 is 14.3 Å². The normalized spacial score (nSPS) is 10.5. The molecule has 6 nitrogen and oxygen atoms in total. The zero-order valence-electron chi connectivity index (χ0n) is 18.4. The first-order valence-electron chi connectivity index (χ1n) is 10.4. The second-order valence-electron chi connectivity index (χ2n) is 6.52. The van der Waals surface area contributed by atoms with Crippen molar-refractivity contribution in [2.75, 3.05) is 12.3 Å². The van der Waals surface area contributed by atoms with Gasteiger partial charge < -0.3 is 15.2 Å². The number of anilines is 1. The average Bonchev–Trinajstić information content (AvgIpc) is 3.24. The van der Waals surface area contributed by atoms with Gasteiger partial charge in [-0.2, -0.15) is 0 Å². The Bertz CT molecular complexity index is 1260. The van der Waals surface area contributed by atoms with E-state index in [-0.39, 0.29) is 12.6 Å². The molecule has 0 fully saturated rings. The number of benzene rings is 2. The van der Waals surface area contributed by atoms with Crippen LogP contribution in [-0.4, -0.2) is 22.5 Å². The lowest BCUT2D eigenvalue weighted by atomic mass is 10.1. The maximum atomic E-state index is 12.2. The summed E-state index contributed by atoms with van der Waals surface area (Å²) in [6.07, 6.45) is 0. The number of aromatic nitrogens is 2. The molecule has 9 heteroatoms. The van der Waals surface area contributed by atoms with Crippen molar-refractivity contribution in [3.05, 3.63) is 69.0 Å². The monoisotopic (exact) mass is 503 g/mol. The minimum atomic E-state index is -0.427. The number of rotatable bonds is 6. The summed E-state index contributed by atoms with van der Waals surface area (Å²) in [6, 6.07) is 14.7. The maximum absolute atomic E-state index is 12.2. The molecule has 0 aliphatic heterocycles. The molecular formula is C24H23Cl2N3O3S. The third-order valence-electron chi connectivity index (χ3n) is 4.40. The van der Waals surface area contributed by atoms with Gasteiger partial charge in [-0.15, -0.1) is 11.3 Å². The van der Waals surface area contributed by atoms with E-state index < -0.39 is 5.97 Å². The first-order chi connectivity index (χ1) is 16.0. The molecule has 0 unspecified atom stereocenters. The van der Waals surface area contributed by atoms with E-state index in [4.69, 9.17) is 38.4 Å². The number of carbonyl (C=O) groups is 1. The number of nitrogens with zero attached hydrogens (tertiary/aromatic N) is 2. The van der Waals surface area contributed by atoms with Crippen LogP contribution in [0.2, 0.25) is 10.0 Å². The van der Waals surface area contributed by atoms with Crippen LogP contribution in [-0.2, 0) is 11.3 Å². The summed E-state index contributed by atoms with van der Waals surface area (Å²) in [5.41, 5.74) is 7.98. The van der Waals surface area contributed by atoms with Gasteiger partial charge in [0.1, 0.15) is 22.1 Å². The van der Waals surface area contributed by atoms with Crippen molar-refractivity contribution in [2.45, 2.75) is 27.4 Å². The van der Waals surface area contributed by atoms with Crippen LogP contribution in [0.4, 0.5) is 5.95 Å². The van der Waals surface area contributed by atoms with Gasteiger partial charge in [0.2, 0.25) is 5.95 Å². The number of fused-ring (bicyclic) bond motifs is 1. The highest BCUT2D eigenvalue weighted by molar-refractivity contribution is 7.20. The molecule has 0 spiro atoms. The van der Waals surface area contributed by atoms with Crippen molar-refractivity contribution >= 4 is 56.7 Å². The zero-order valence-corrected chi connectivity index (χ0v) is 20.7. The SMILES string of the molecule is CC.CCOC(=O)c1cc2c(-c3cc(OCc4ccccc4)c(Cl)cc3Cl)nc(N)nc2s1. The summed E-state index contributed by atoms with van der Waals surface area (Å²) in [5, 5.41) is 1.39. The van der Waals surface area contributed by atoms with E-state index in [9.17, 15) is 4.79 Å². The van der Waals surface area contributed by atoms with Crippen molar-refractivity contribution in [2.24, 2.45) is 0 Å². The summed E-state index contributed by atoms with van der Waals surface area (Å²) in [7, 11) is 0. The van der Waals surface area contributed by atoms with Crippen LogP contribution in [0.3, 0.4) is 0 Å². The minimum absolute atomic E-state index is 0.0672. The number of ether oxygens (including phenoxy) is 2. The number of hydrogen-bond donors (Lipinski definition) is 1. The Labute approximate surface area is 206 Å². The van der Waals surface area contributed by atoms with Crippen LogP contribution in [0.25, 0.3) is 21.5 Å². The van der Waals surface area contributed by atoms with Crippen LogP contribution in [0.1, 0.15) is 36.0 Å². The Kier molecular flexibility index (Phi) is 8.49. The topological polar surface area (TPSA) is 87.3 Å². The average molecular weight is 504 g/mol. The van der Waals surface area contributed by atoms with Crippen molar-refractivity contribution in [1.29, 1.82) is 0 Å². The number of nitrogens with two attached hydrogens (primary N) is 1. The Morgan fingerprint density at radius 1 is 1.06 bits per heavy atom. The van der Waals surface area contributed by atoms with Gasteiger partial charge >= 0.3 is 5.97 Å². The van der Waals surface area contributed by atoms with E-state index in [1.807, 2.05) is 44.2 Å². The van der Waals surface area contributed by atoms with Gasteiger partial charge in [0.05, 0.1) is 22.3 Å². The molecule has 0 saturated carbocycles. The Hall–Kier alpha value is -2.87. The minimum Gasteiger partial charge on any atom is -0.487 e. The number of halogens is 2. The summed E-state index contributed by atoms with van der Waals surface area (Å²) >= 11 is 14.0. The molecule has 2 aromatic heterocycles. The third-order valence-corrected chi connectivity index (χ3v) is 6.02. The van der Waals surface area contributed by atoms with Crippen LogP contribution >= 0.6 is 34.5 Å². The summed E-state index contributed by atoms with van der Waals surface area (Å²) in [5.74, 6) is 0.0951. The van der Waals surface area contributed by atoms with E-state index >= 15 is 0 Å². The Morgan fingerprint density at radius 2 is 1.79 bits per heavy atom. The number of thiophene rings is 1. The molecule has 33 heavy (non-hydrogen) atoms. The molecule has 2 aromatic carbocycles. The molecule has 2 N–H and O–H groups in total. The fraction of sp³-hybridized carbons (Fsp3) is 0.208. The van der Waals surface area contributed by atoms with Crippen LogP contribution in [0, 0.1) is 0 Å². The van der Waals surface area contributed by atoms with Gasteiger partial charge in [0.25, 0.3) is 0 Å². The predicted molar refractivity (Wildman–Crippen MR) is 135 cm³/mol. The molecular weight excluding hydrogens is 481 g/mol. The zero-order chi connectivity index (χ0) is 24.0. The number of carbonyl (C=O) groups excluding carboxylic acids is 1. The largest absolute Gasteiger partial charge is 0.487 e. The first-order valence-corrected chi connectivity index (χ1v) is 11.9. The van der Waals surface area contributed by atoms with E-state index in [1.165, 1.54) is 11.3 Å². The molecule has 4 aromatic rings. The highest BCUT2D eigenvalue weighted by Crippen LogP contribution is 2.40. The quantitative estimate of drug-likeness (QED) is 0.284. The summed E-state index contributed by atoms with van der Waals surface area (Å²) in [4.78, 5) is 21.8. The van der Waals surface area contributed by atoms with Gasteiger partial charge in [-0.25, -0.2) is 14.8 Å². The first kappa shape index (κ1) is 24.8. The number of esters is 1. The van der Waals surface area contributed by atoms with E-state index in [2.05, 4.69) is 9.97 Å². The fourth-order valence-electron chi connectivity index (χ4n) is 3.00. The fourth-order valence-corrected chi connectivity index (χ4v) is 4.46. The van der Waals surface area contributed by atoms with Gasteiger partial charge in [0.15, 0.2) is 0 Å². The molecule has 0 atom stereocenters. The summed E-state index contributed by atoms with van der Waals surface area (Å²) < 4.78 is 11.0. The maximum Gasteiger partial charge on any atom is 0.348 e. The summed E-state index contributed by atoms with van der Waals surface area (Å²) in [6.45, 7) is 6.37. The lowest BCUT2D eigenvalue weighted by molar-refractivity contribution is 0.0532. The van der Waals surface area contributed by atoms with Crippen molar-refractivity contribution in [3.63, 3.8) is 0 Å². The number of nitrogen functional groups attached to an aromatic ring is 1. The van der Waals surface area contributed by atoms with Gasteiger partial charge in [-0.1, -0.05) is 67.4 Å². The molecule has 2 heterocycles. The van der Waals surface area contributed by atoms with Crippen molar-refractivity contribution in [1.82, 2.24) is 9.97 Å². The Balaban J connectivity index is 0.00000149. The van der Waals surface area contributed by atoms with Crippen LogP contribution in [0.15, 0.2) is 48.5 Å². The van der Waals surface area contributed by atoms with Crippen molar-refractivity contribution in [3.8, 4) is 17.0 Å². The van der Waals surface area contributed by atoms with E-state index in [0.29, 0.717) is 48.8 Å². The molecule has 172 valence electrons. The molecule has 0 aliphatic carbocycles. The van der Waals surface area contributed by atoms with Gasteiger partial charge in [-0.05, 0) is 30.7 Å². The molecule has 0 bridgehead atoms. The highest BCUT2D eigenvalue weighted by atomic mass is 35.5. The molecule has 0 radical (unpaired) electrons. The van der Waals surface area contributed by atoms with Crippen LogP contribution in [0.5, 0.6) is 5.75 Å². The standard InChI is InChI=1S/C22H17Cl2N3O3S.C2H6/c1-2-29-21(28)18-9-14-19(26-22(25)27-20(14)31-18)13-8-17(16(24)10-15(13)23)30-11-12-6-4-3-5-7-12;1-2/h3-10H,2,11H2,1H3,(H2,25,26,27);1-2H3. The van der Waals surface area contributed by atoms with E-state index in [1.54, 1.807) is 25.1 Å². The smallest absolute Gasteiger partial charge is 0.348 e. The molecule has 0 amide bonds. The van der Waals surface area contributed by atoms with Crippen LogP contribution < -0.4 is 10.5 Å². The van der Waals surface area contributed by atoms with Gasteiger partial charge in [-0.3, -0.25) is 0 Å². The van der Waals surface area contributed by atoms with E-state index in [0.717, 1.165) is 5.56 Å². The highest BCUT2D eigenvalue weighted by Gasteiger charge is 2.20. The second-order valence-corrected chi connectivity index (χ2v) is 8.36. The number of hydrogen-bond acceptors (Lipinski definition) is 7. The molecule has 0 aliphatic rings. The molecule has 4 rings (SSSR count).